The molecule has 1 radical (unpaired) electrons. The smallest absolute Gasteiger partial charge is 0 e. The zero-order valence-electron chi connectivity index (χ0n) is 1.28. The summed E-state index contributed by atoms with van der Waals surface area (Å²) in [5.74, 6) is 0. The minimum Gasteiger partial charge on any atom is 0 e. The Hall–Kier alpha value is 2.00. The van der Waals surface area contributed by atoms with E-state index in [0.29, 0.717) is 0 Å². The summed E-state index contributed by atoms with van der Waals surface area (Å²) in [6.45, 7) is 0. The zero-order valence-corrected chi connectivity index (χ0v) is 3.09. The molecule has 0 unspecified atom stereocenters. The fourth-order valence-electron chi connectivity index (χ4n) is 0. The number of hydrogen-bond donors (Lipinski definition) is 1. The molecule has 0 aromatic rings. The first-order valence-electron chi connectivity index (χ1n) is 0. The number of rotatable bonds is 0. The summed E-state index contributed by atoms with van der Waals surface area (Å²) in [4.78, 5) is 0. The SMILES string of the molecule is N.[AlH3].[GaH3].[Sc]. The van der Waals surface area contributed by atoms with Gasteiger partial charge in [0.2, 0.25) is 0 Å². The van der Waals surface area contributed by atoms with Crippen molar-refractivity contribution in [1.82, 2.24) is 6.15 Å². The van der Waals surface area contributed by atoms with Gasteiger partial charge in [-0.3, -0.25) is 0 Å². The first-order chi connectivity index (χ1) is 0. The molecule has 4 heteroatoms. The van der Waals surface area contributed by atoms with Gasteiger partial charge in [0.05, 0.1) is 0 Å². The maximum Gasteiger partial charge on any atom is 0 e. The molecule has 0 aliphatic carbocycles. The first kappa shape index (κ1) is 37.5. The van der Waals surface area contributed by atoms with Crippen molar-refractivity contribution in [2.24, 2.45) is 0 Å². The molecule has 0 aliphatic rings. The van der Waals surface area contributed by atoms with E-state index in [1.54, 1.807) is 0 Å². The molecule has 0 aromatic heterocycles. The molecular weight excluding hydrogens is 156 g/mol. The molecule has 23 valence electrons. The molecule has 0 saturated heterocycles. The monoisotopic (exact) mass is 164 g/mol. The van der Waals surface area contributed by atoms with Crippen molar-refractivity contribution >= 4 is 37.2 Å². The van der Waals surface area contributed by atoms with Gasteiger partial charge >= 0.3 is 19.8 Å². The van der Waals surface area contributed by atoms with Crippen molar-refractivity contribution in [3.63, 3.8) is 0 Å². The van der Waals surface area contributed by atoms with Crippen molar-refractivity contribution in [1.29, 1.82) is 0 Å². The molecule has 4 heavy (non-hydrogen) atoms. The van der Waals surface area contributed by atoms with Crippen LogP contribution in [0.25, 0.3) is 0 Å². The van der Waals surface area contributed by atoms with E-state index in [9.17, 15) is 0 Å². The molecule has 0 amide bonds. The second-order valence-corrected chi connectivity index (χ2v) is 0. The van der Waals surface area contributed by atoms with E-state index in [-0.39, 0.29) is 69.1 Å². The maximum absolute atomic E-state index is 0. The van der Waals surface area contributed by atoms with Crippen LogP contribution in [-0.4, -0.2) is 37.2 Å². The summed E-state index contributed by atoms with van der Waals surface area (Å²) >= 11 is 0. The maximum atomic E-state index is 0. The summed E-state index contributed by atoms with van der Waals surface area (Å²) in [6.07, 6.45) is 0. The Morgan fingerprint density at radius 1 is 1.00 bits per heavy atom. The van der Waals surface area contributed by atoms with Crippen LogP contribution < -0.4 is 6.15 Å². The van der Waals surface area contributed by atoms with E-state index < -0.39 is 0 Å². The third kappa shape index (κ3) is 9.00. The van der Waals surface area contributed by atoms with E-state index in [1.165, 1.54) is 0 Å². The third-order valence-corrected chi connectivity index (χ3v) is 0. The fraction of sp³-hybridized carbons (Fsp3) is 0. The Kier molecular flexibility index (Phi) is 188. The van der Waals surface area contributed by atoms with Crippen LogP contribution in [0.5, 0.6) is 0 Å². The molecule has 0 fully saturated rings. The molecule has 0 aliphatic heterocycles. The standard InChI is InChI=1S/Al.Ga.H3N.Sc.6H/h;;1H3;;;;;;;. The summed E-state index contributed by atoms with van der Waals surface area (Å²) in [5.41, 5.74) is 0. The minimum atomic E-state index is 0. The second-order valence-electron chi connectivity index (χ2n) is 0. The molecule has 0 heterocycles. The second kappa shape index (κ2) is 20.0. The topological polar surface area (TPSA) is 35.0 Å². The van der Waals surface area contributed by atoms with Gasteiger partial charge in [-0.2, -0.15) is 0 Å². The van der Waals surface area contributed by atoms with E-state index in [1.807, 2.05) is 0 Å². The Morgan fingerprint density at radius 3 is 1.00 bits per heavy atom. The van der Waals surface area contributed by atoms with E-state index in [4.69, 9.17) is 0 Å². The summed E-state index contributed by atoms with van der Waals surface area (Å²) in [7, 11) is 0. The van der Waals surface area contributed by atoms with E-state index in [2.05, 4.69) is 0 Å². The van der Waals surface area contributed by atoms with Crippen molar-refractivity contribution in [2.45, 2.75) is 0 Å². The van der Waals surface area contributed by atoms with Crippen LogP contribution in [0.2, 0.25) is 0 Å². The molecule has 0 aromatic carbocycles. The van der Waals surface area contributed by atoms with Gasteiger partial charge in [0.15, 0.2) is 17.4 Å². The van der Waals surface area contributed by atoms with Gasteiger partial charge in [-0.1, -0.05) is 0 Å². The zero-order chi connectivity index (χ0) is 0. The summed E-state index contributed by atoms with van der Waals surface area (Å²) in [6, 6.07) is 0. The first-order valence-corrected chi connectivity index (χ1v) is 0. The quantitative estimate of drug-likeness (QED) is 0.405. The van der Waals surface area contributed by atoms with Crippen LogP contribution in [0.4, 0.5) is 0 Å². The Bertz CT molecular complexity index is 8.00. The van der Waals surface area contributed by atoms with Crippen molar-refractivity contribution in [3.8, 4) is 0 Å². The van der Waals surface area contributed by atoms with Crippen LogP contribution in [-0.2, 0) is 25.8 Å². The minimum absolute atomic E-state index is 0. The predicted octanol–water partition coefficient (Wildman–Crippen LogP) is -2.21. The van der Waals surface area contributed by atoms with Crippen molar-refractivity contribution < 1.29 is 25.8 Å². The third-order valence-electron chi connectivity index (χ3n) is 0. The van der Waals surface area contributed by atoms with Gasteiger partial charge in [-0.05, 0) is 0 Å². The van der Waals surface area contributed by atoms with Gasteiger partial charge in [-0.25, -0.2) is 0 Å². The van der Waals surface area contributed by atoms with Crippen LogP contribution in [0, 0.1) is 0 Å². The molecule has 0 atom stereocenters. The van der Waals surface area contributed by atoms with Gasteiger partial charge in [0.25, 0.3) is 0 Å². The molecule has 3 N–H and O–H groups in total. The summed E-state index contributed by atoms with van der Waals surface area (Å²) in [5, 5.41) is 0. The van der Waals surface area contributed by atoms with E-state index in [0.717, 1.165) is 0 Å². The summed E-state index contributed by atoms with van der Waals surface area (Å²) < 4.78 is 0. The Morgan fingerprint density at radius 2 is 1.00 bits per heavy atom. The Labute approximate surface area is 68.5 Å². The molecule has 0 saturated carbocycles. The molecule has 0 rings (SSSR count). The van der Waals surface area contributed by atoms with Crippen molar-refractivity contribution in [3.05, 3.63) is 0 Å². The molecule has 0 bridgehead atoms. The van der Waals surface area contributed by atoms with Crippen LogP contribution >= 0.6 is 0 Å². The van der Waals surface area contributed by atoms with Crippen LogP contribution in [0.3, 0.4) is 0 Å². The largest absolute Gasteiger partial charge is 0 e. The van der Waals surface area contributed by atoms with Crippen LogP contribution in [0.1, 0.15) is 0 Å². The van der Waals surface area contributed by atoms with Gasteiger partial charge in [-0.15, -0.1) is 0 Å². The average molecular weight is 165 g/mol. The number of hydrogen-bond acceptors (Lipinski definition) is 1. The molecule has 0 spiro atoms. The normalized spacial score (nSPS) is 0. The van der Waals surface area contributed by atoms with Crippen molar-refractivity contribution in [2.75, 3.05) is 0 Å². The van der Waals surface area contributed by atoms with Gasteiger partial charge in [0.1, 0.15) is 0 Å². The van der Waals surface area contributed by atoms with Gasteiger partial charge in [0, 0.05) is 25.8 Å². The van der Waals surface area contributed by atoms with Crippen LogP contribution in [0.15, 0.2) is 0 Å². The van der Waals surface area contributed by atoms with E-state index >= 15 is 0 Å². The Balaban J connectivity index is 0. The fourth-order valence-corrected chi connectivity index (χ4v) is 0. The average Bonchev–Trinajstić information content (AvgIpc) is 0. The molecular formula is H9AlGaNSc. The van der Waals surface area contributed by atoms with Gasteiger partial charge < -0.3 is 6.15 Å². The predicted molar refractivity (Wildman–Crippen MR) is 24.9 cm³/mol. The molecule has 1 nitrogen and oxygen atoms in total.